The number of rotatable bonds is 1. The number of nitrogens with two attached hydrogens (primary N) is 1. The molecule has 2 N–H and O–H groups in total. The second kappa shape index (κ2) is 4.87. The summed E-state index contributed by atoms with van der Waals surface area (Å²) >= 11 is 12.7. The van der Waals surface area contributed by atoms with Crippen LogP contribution in [0.4, 0.5) is 5.82 Å². The van der Waals surface area contributed by atoms with Crippen molar-refractivity contribution in [3.8, 4) is 11.3 Å². The van der Waals surface area contributed by atoms with Gasteiger partial charge in [0, 0.05) is 28.2 Å². The molecule has 0 unspecified atom stereocenters. The number of aromatic nitrogens is 3. The van der Waals surface area contributed by atoms with Crippen LogP contribution < -0.4 is 5.73 Å². The molecule has 4 nitrogen and oxygen atoms in total. The molecule has 0 radical (unpaired) electrons. The number of fused-ring (bicyclic) bond motifs is 2. The smallest absolute Gasteiger partial charge is 0.157 e. The highest BCUT2D eigenvalue weighted by molar-refractivity contribution is 6.41. The molecule has 0 fully saturated rings. The van der Waals surface area contributed by atoms with E-state index in [-0.39, 0.29) is 0 Å². The first-order valence-corrected chi connectivity index (χ1v) is 7.38. The van der Waals surface area contributed by atoms with Crippen molar-refractivity contribution in [1.82, 2.24) is 14.6 Å². The fraction of sp³-hybridized carbons (Fsp3) is 0. The zero-order chi connectivity index (χ0) is 15.3. The molecule has 0 spiro atoms. The van der Waals surface area contributed by atoms with E-state index in [1.807, 2.05) is 30.3 Å². The summed E-state index contributed by atoms with van der Waals surface area (Å²) < 4.78 is 1.59. The third-order valence-electron chi connectivity index (χ3n) is 3.59. The minimum atomic E-state index is 0.519. The van der Waals surface area contributed by atoms with Crippen LogP contribution in [-0.4, -0.2) is 14.6 Å². The Morgan fingerprint density at radius 2 is 1.73 bits per heavy atom. The van der Waals surface area contributed by atoms with Crippen molar-refractivity contribution >= 4 is 45.4 Å². The molecule has 108 valence electrons. The van der Waals surface area contributed by atoms with Crippen molar-refractivity contribution in [3.63, 3.8) is 0 Å². The SMILES string of the molecule is Nc1ccnc2cc(-c3c(Cl)cc(Cl)c4ccccc34)nn12. The number of nitrogen functional groups attached to an aromatic ring is 1. The number of hydrogen-bond donors (Lipinski definition) is 1. The maximum Gasteiger partial charge on any atom is 0.157 e. The fourth-order valence-electron chi connectivity index (χ4n) is 2.60. The monoisotopic (exact) mass is 328 g/mol. The molecule has 2 heterocycles. The van der Waals surface area contributed by atoms with Crippen LogP contribution >= 0.6 is 23.2 Å². The van der Waals surface area contributed by atoms with E-state index < -0.39 is 0 Å². The van der Waals surface area contributed by atoms with E-state index in [9.17, 15) is 0 Å². The Hall–Kier alpha value is -2.30. The minimum absolute atomic E-state index is 0.519. The van der Waals surface area contributed by atoms with Gasteiger partial charge in [0.1, 0.15) is 5.82 Å². The van der Waals surface area contributed by atoms with Crippen LogP contribution in [0.1, 0.15) is 0 Å². The first-order valence-electron chi connectivity index (χ1n) is 6.62. The van der Waals surface area contributed by atoms with Crippen LogP contribution in [-0.2, 0) is 0 Å². The third kappa shape index (κ3) is 1.92. The van der Waals surface area contributed by atoms with Gasteiger partial charge in [-0.2, -0.15) is 9.61 Å². The number of benzene rings is 2. The Bertz CT molecular complexity index is 1020. The van der Waals surface area contributed by atoms with E-state index in [1.165, 1.54) is 0 Å². The lowest BCUT2D eigenvalue weighted by Gasteiger charge is -2.08. The Kier molecular flexibility index (Phi) is 2.96. The van der Waals surface area contributed by atoms with Gasteiger partial charge in [-0.25, -0.2) is 4.98 Å². The Morgan fingerprint density at radius 3 is 2.50 bits per heavy atom. The van der Waals surface area contributed by atoms with E-state index in [0.717, 1.165) is 16.3 Å². The predicted octanol–water partition coefficient (Wildman–Crippen LogP) is 4.44. The average Bonchev–Trinajstić information content (AvgIpc) is 2.92. The van der Waals surface area contributed by atoms with Crippen molar-refractivity contribution in [1.29, 1.82) is 0 Å². The van der Waals surface area contributed by atoms with Crippen LogP contribution in [0.25, 0.3) is 27.7 Å². The first-order chi connectivity index (χ1) is 10.6. The predicted molar refractivity (Wildman–Crippen MR) is 90.4 cm³/mol. The summed E-state index contributed by atoms with van der Waals surface area (Å²) in [7, 11) is 0. The Balaban J connectivity index is 2.10. The molecule has 2 aromatic heterocycles. The molecule has 0 saturated carbocycles. The Morgan fingerprint density at radius 1 is 0.955 bits per heavy atom. The summed E-state index contributed by atoms with van der Waals surface area (Å²) in [4.78, 5) is 4.27. The molecule has 22 heavy (non-hydrogen) atoms. The topological polar surface area (TPSA) is 56.2 Å². The quantitative estimate of drug-likeness (QED) is 0.562. The van der Waals surface area contributed by atoms with Crippen molar-refractivity contribution in [2.45, 2.75) is 0 Å². The summed E-state index contributed by atoms with van der Waals surface area (Å²) in [6.45, 7) is 0. The maximum absolute atomic E-state index is 6.43. The standard InChI is InChI=1S/C16H10Cl2N4/c17-11-7-12(18)16(10-4-2-1-3-9(10)11)13-8-15-20-6-5-14(19)22(15)21-13/h1-8H,19H2. The van der Waals surface area contributed by atoms with E-state index in [1.54, 1.807) is 22.8 Å². The van der Waals surface area contributed by atoms with Crippen LogP contribution in [0.5, 0.6) is 0 Å². The van der Waals surface area contributed by atoms with Crippen LogP contribution in [0.2, 0.25) is 10.0 Å². The highest BCUT2D eigenvalue weighted by atomic mass is 35.5. The summed E-state index contributed by atoms with van der Waals surface area (Å²) in [5.41, 5.74) is 8.14. The molecule has 0 bridgehead atoms. The van der Waals surface area contributed by atoms with Gasteiger partial charge >= 0.3 is 0 Å². The maximum atomic E-state index is 6.43. The summed E-state index contributed by atoms with van der Waals surface area (Å²) in [6, 6.07) is 13.1. The molecule has 4 rings (SSSR count). The molecule has 0 aliphatic heterocycles. The molecule has 0 atom stereocenters. The molecule has 0 amide bonds. The lowest BCUT2D eigenvalue weighted by molar-refractivity contribution is 0.956. The van der Waals surface area contributed by atoms with E-state index in [0.29, 0.717) is 27.2 Å². The molecule has 0 aliphatic carbocycles. The van der Waals surface area contributed by atoms with Crippen molar-refractivity contribution in [2.75, 3.05) is 5.73 Å². The molecule has 0 aliphatic rings. The van der Waals surface area contributed by atoms with E-state index in [2.05, 4.69) is 10.1 Å². The van der Waals surface area contributed by atoms with Gasteiger partial charge in [0.15, 0.2) is 5.65 Å². The van der Waals surface area contributed by atoms with Crippen LogP contribution in [0, 0.1) is 0 Å². The second-order valence-corrected chi connectivity index (χ2v) is 5.74. The average molecular weight is 329 g/mol. The molecular formula is C16H10Cl2N4. The van der Waals surface area contributed by atoms with Gasteiger partial charge < -0.3 is 5.73 Å². The van der Waals surface area contributed by atoms with Crippen LogP contribution in [0.3, 0.4) is 0 Å². The molecule has 4 aromatic rings. The lowest BCUT2D eigenvalue weighted by atomic mass is 10.0. The highest BCUT2D eigenvalue weighted by Crippen LogP contribution is 2.38. The number of anilines is 1. The Labute approximate surface area is 136 Å². The van der Waals surface area contributed by atoms with Gasteiger partial charge in [0.25, 0.3) is 0 Å². The van der Waals surface area contributed by atoms with Gasteiger partial charge in [-0.05, 0) is 17.5 Å². The number of hydrogen-bond acceptors (Lipinski definition) is 3. The first kappa shape index (κ1) is 13.4. The van der Waals surface area contributed by atoms with Crippen molar-refractivity contribution in [3.05, 3.63) is 58.7 Å². The summed E-state index contributed by atoms with van der Waals surface area (Å²) in [5, 5.41) is 7.57. The normalized spacial score (nSPS) is 11.4. The number of halogens is 2. The van der Waals surface area contributed by atoms with E-state index in [4.69, 9.17) is 28.9 Å². The lowest BCUT2D eigenvalue weighted by Crippen LogP contribution is -1.98. The van der Waals surface area contributed by atoms with Gasteiger partial charge in [-0.1, -0.05) is 47.5 Å². The second-order valence-electron chi connectivity index (χ2n) is 4.93. The van der Waals surface area contributed by atoms with Crippen molar-refractivity contribution in [2.24, 2.45) is 0 Å². The largest absolute Gasteiger partial charge is 0.384 e. The van der Waals surface area contributed by atoms with Crippen molar-refractivity contribution < 1.29 is 0 Å². The highest BCUT2D eigenvalue weighted by Gasteiger charge is 2.15. The molecular weight excluding hydrogens is 319 g/mol. The van der Waals surface area contributed by atoms with Gasteiger partial charge in [0.2, 0.25) is 0 Å². The minimum Gasteiger partial charge on any atom is -0.384 e. The summed E-state index contributed by atoms with van der Waals surface area (Å²) in [6.07, 6.45) is 1.65. The zero-order valence-electron chi connectivity index (χ0n) is 11.3. The fourth-order valence-corrected chi connectivity index (χ4v) is 3.23. The van der Waals surface area contributed by atoms with Gasteiger partial charge in [-0.15, -0.1) is 0 Å². The van der Waals surface area contributed by atoms with Gasteiger partial charge in [0.05, 0.1) is 10.7 Å². The van der Waals surface area contributed by atoms with E-state index >= 15 is 0 Å². The zero-order valence-corrected chi connectivity index (χ0v) is 12.8. The molecule has 2 aromatic carbocycles. The summed E-state index contributed by atoms with van der Waals surface area (Å²) in [5.74, 6) is 0.519. The molecule has 0 saturated heterocycles. The number of nitrogens with zero attached hydrogens (tertiary/aromatic N) is 3. The van der Waals surface area contributed by atoms with Crippen LogP contribution in [0.15, 0.2) is 48.7 Å². The third-order valence-corrected chi connectivity index (χ3v) is 4.20. The molecule has 6 heteroatoms. The van der Waals surface area contributed by atoms with Gasteiger partial charge in [-0.3, -0.25) is 0 Å².